The van der Waals surface area contributed by atoms with Crippen molar-refractivity contribution >= 4 is 17.8 Å². The molecule has 2 aliphatic heterocycles. The highest BCUT2D eigenvalue weighted by molar-refractivity contribution is 5.79. The molecule has 2 heterocycles. The second kappa shape index (κ2) is 13.1. The number of likely N-dealkylation sites (tertiary alicyclic amines) is 1. The van der Waals surface area contributed by atoms with Crippen LogP contribution < -0.4 is 10.5 Å². The van der Waals surface area contributed by atoms with Gasteiger partial charge in [-0.15, -0.1) is 0 Å². The molecule has 200 valence electrons. The van der Waals surface area contributed by atoms with E-state index in [-0.39, 0.29) is 30.3 Å². The summed E-state index contributed by atoms with van der Waals surface area (Å²) in [7, 11) is 0. The Kier molecular flexibility index (Phi) is 10.1. The van der Waals surface area contributed by atoms with Gasteiger partial charge >= 0.3 is 5.97 Å². The molecule has 3 atom stereocenters. The van der Waals surface area contributed by atoms with E-state index in [2.05, 4.69) is 13.0 Å². The van der Waals surface area contributed by atoms with Crippen molar-refractivity contribution in [3.8, 4) is 5.75 Å². The molecule has 1 aromatic carbocycles. The summed E-state index contributed by atoms with van der Waals surface area (Å²) < 4.78 is 5.64. The van der Waals surface area contributed by atoms with Crippen LogP contribution in [0.5, 0.6) is 5.75 Å². The Morgan fingerprint density at radius 3 is 2.58 bits per heavy atom. The topological polar surface area (TPSA) is 116 Å². The van der Waals surface area contributed by atoms with Crippen molar-refractivity contribution in [2.24, 2.45) is 11.7 Å². The Balaban J connectivity index is 1.88. The summed E-state index contributed by atoms with van der Waals surface area (Å²) in [6, 6.07) is 5.60. The van der Waals surface area contributed by atoms with Gasteiger partial charge < -0.3 is 25.4 Å². The summed E-state index contributed by atoms with van der Waals surface area (Å²) in [5, 5.41) is 10.4. The van der Waals surface area contributed by atoms with Gasteiger partial charge in [-0.2, -0.15) is 0 Å². The molecule has 0 saturated carbocycles. The van der Waals surface area contributed by atoms with Crippen LogP contribution in [0.3, 0.4) is 0 Å². The van der Waals surface area contributed by atoms with E-state index < -0.39 is 11.9 Å². The summed E-state index contributed by atoms with van der Waals surface area (Å²) in [5.41, 5.74) is 7.84. The Bertz CT molecular complexity index is 923. The van der Waals surface area contributed by atoms with Crippen LogP contribution in [0, 0.1) is 5.92 Å². The lowest BCUT2D eigenvalue weighted by molar-refractivity contribution is -0.144. The number of fused-ring (bicyclic) bond motifs is 1. The Hall–Kier alpha value is -2.65. The van der Waals surface area contributed by atoms with Gasteiger partial charge in [-0.05, 0) is 37.0 Å². The SMILES string of the molecule is CCCCN(CCN)C(=O)CN1C[C@H](c2ccc3c(c2)CCO3)C(C(=O)O)[C@@H]1CCN(CC)C(C)=O. The smallest absolute Gasteiger partial charge is 0.308 e. The highest BCUT2D eigenvalue weighted by Crippen LogP contribution is 2.41. The number of rotatable bonds is 13. The molecule has 1 fully saturated rings. The first-order valence-corrected chi connectivity index (χ1v) is 13.3. The molecule has 0 spiro atoms. The van der Waals surface area contributed by atoms with Gasteiger partial charge in [0.05, 0.1) is 19.1 Å². The molecule has 36 heavy (non-hydrogen) atoms. The molecule has 0 aromatic heterocycles. The molecule has 3 rings (SSSR count). The highest BCUT2D eigenvalue weighted by atomic mass is 16.5. The minimum absolute atomic E-state index is 0.0232. The van der Waals surface area contributed by atoms with Gasteiger partial charge in [-0.25, -0.2) is 0 Å². The number of nitrogens with zero attached hydrogens (tertiary/aromatic N) is 3. The molecule has 9 heteroatoms. The van der Waals surface area contributed by atoms with Crippen molar-refractivity contribution in [1.82, 2.24) is 14.7 Å². The Morgan fingerprint density at radius 2 is 1.94 bits per heavy atom. The number of aliphatic carboxylic acids is 1. The van der Waals surface area contributed by atoms with Gasteiger partial charge in [0, 0.05) is 64.6 Å². The number of amides is 2. The van der Waals surface area contributed by atoms with Crippen LogP contribution in [0.25, 0.3) is 0 Å². The average Bonchev–Trinajstić information content (AvgIpc) is 3.46. The molecule has 0 bridgehead atoms. The summed E-state index contributed by atoms with van der Waals surface area (Å²) in [6.45, 7) is 9.34. The third-order valence-corrected chi connectivity index (χ3v) is 7.57. The van der Waals surface area contributed by atoms with Crippen LogP contribution in [0.2, 0.25) is 0 Å². The van der Waals surface area contributed by atoms with E-state index >= 15 is 0 Å². The van der Waals surface area contributed by atoms with Gasteiger partial charge in [0.25, 0.3) is 0 Å². The lowest BCUT2D eigenvalue weighted by Crippen LogP contribution is -2.46. The lowest BCUT2D eigenvalue weighted by atomic mass is 9.83. The third-order valence-electron chi connectivity index (χ3n) is 7.57. The van der Waals surface area contributed by atoms with Crippen LogP contribution in [0.1, 0.15) is 57.1 Å². The Labute approximate surface area is 214 Å². The van der Waals surface area contributed by atoms with Crippen molar-refractivity contribution < 1.29 is 24.2 Å². The maximum atomic E-state index is 13.3. The van der Waals surface area contributed by atoms with Crippen LogP contribution in [0.15, 0.2) is 18.2 Å². The molecule has 0 radical (unpaired) electrons. The molecular formula is C27H42N4O5. The number of hydrogen-bond donors (Lipinski definition) is 2. The monoisotopic (exact) mass is 502 g/mol. The normalized spacial score (nSPS) is 21.2. The summed E-state index contributed by atoms with van der Waals surface area (Å²) in [6.07, 6.45) is 3.18. The number of carbonyl (C=O) groups excluding carboxylic acids is 2. The second-order valence-electron chi connectivity index (χ2n) is 9.84. The highest BCUT2D eigenvalue weighted by Gasteiger charge is 2.47. The van der Waals surface area contributed by atoms with Crippen molar-refractivity contribution in [2.45, 2.75) is 58.4 Å². The lowest BCUT2D eigenvalue weighted by Gasteiger charge is -2.31. The van der Waals surface area contributed by atoms with Gasteiger partial charge in [-0.1, -0.05) is 25.5 Å². The summed E-state index contributed by atoms with van der Waals surface area (Å²) in [4.78, 5) is 43.5. The minimum Gasteiger partial charge on any atom is -0.493 e. The van der Waals surface area contributed by atoms with E-state index in [0.29, 0.717) is 52.3 Å². The van der Waals surface area contributed by atoms with Crippen LogP contribution >= 0.6 is 0 Å². The number of hydrogen-bond acceptors (Lipinski definition) is 6. The summed E-state index contributed by atoms with van der Waals surface area (Å²) in [5.74, 6) is -0.994. The van der Waals surface area contributed by atoms with E-state index in [4.69, 9.17) is 10.5 Å². The van der Waals surface area contributed by atoms with E-state index in [1.807, 2.05) is 24.0 Å². The molecule has 2 aliphatic rings. The van der Waals surface area contributed by atoms with Crippen LogP contribution in [-0.2, 0) is 20.8 Å². The summed E-state index contributed by atoms with van der Waals surface area (Å²) >= 11 is 0. The first-order valence-electron chi connectivity index (χ1n) is 13.3. The molecule has 1 unspecified atom stereocenters. The Morgan fingerprint density at radius 1 is 1.17 bits per heavy atom. The van der Waals surface area contributed by atoms with E-state index in [1.54, 1.807) is 9.80 Å². The molecule has 0 aliphatic carbocycles. The van der Waals surface area contributed by atoms with Gasteiger partial charge in [0.1, 0.15) is 5.75 Å². The fraction of sp³-hybridized carbons (Fsp3) is 0.667. The van der Waals surface area contributed by atoms with Crippen LogP contribution in [0.4, 0.5) is 0 Å². The third kappa shape index (κ3) is 6.56. The zero-order chi connectivity index (χ0) is 26.2. The number of nitrogens with two attached hydrogens (primary N) is 1. The number of benzene rings is 1. The van der Waals surface area contributed by atoms with Crippen LogP contribution in [-0.4, -0.2) is 96.1 Å². The quantitative estimate of drug-likeness (QED) is 0.423. The second-order valence-corrected chi connectivity index (χ2v) is 9.84. The number of carbonyl (C=O) groups is 3. The molecular weight excluding hydrogens is 460 g/mol. The van der Waals surface area contributed by atoms with Gasteiger partial charge in [0.2, 0.25) is 11.8 Å². The maximum Gasteiger partial charge on any atom is 0.308 e. The molecule has 1 aromatic rings. The van der Waals surface area contributed by atoms with Gasteiger partial charge in [0.15, 0.2) is 0 Å². The van der Waals surface area contributed by atoms with Crippen molar-refractivity contribution in [1.29, 1.82) is 0 Å². The molecule has 3 N–H and O–H groups in total. The largest absolute Gasteiger partial charge is 0.493 e. The van der Waals surface area contributed by atoms with Crippen molar-refractivity contribution in [3.05, 3.63) is 29.3 Å². The number of ether oxygens (including phenoxy) is 1. The van der Waals surface area contributed by atoms with E-state index in [1.165, 1.54) is 6.92 Å². The predicted molar refractivity (Wildman–Crippen MR) is 138 cm³/mol. The zero-order valence-corrected chi connectivity index (χ0v) is 21.9. The molecule has 1 saturated heterocycles. The first-order chi connectivity index (χ1) is 17.3. The molecule has 9 nitrogen and oxygen atoms in total. The maximum absolute atomic E-state index is 13.3. The first kappa shape index (κ1) is 27.9. The number of unbranched alkanes of at least 4 members (excludes halogenated alkanes) is 1. The van der Waals surface area contributed by atoms with E-state index in [0.717, 1.165) is 36.1 Å². The number of carboxylic acids is 1. The average molecular weight is 503 g/mol. The zero-order valence-electron chi connectivity index (χ0n) is 21.9. The van der Waals surface area contributed by atoms with Crippen molar-refractivity contribution in [2.75, 3.05) is 52.4 Å². The fourth-order valence-electron chi connectivity index (χ4n) is 5.59. The standard InChI is InChI=1S/C27H42N4O5/c1-4-6-12-30(14-11-28)25(33)18-31-17-22(20-7-8-24-21(16-20)10-15-36-24)26(27(34)35)23(31)9-13-29(5-2)19(3)32/h7-8,16,22-23,26H,4-6,9-15,17-18,28H2,1-3H3,(H,34,35)/t22-,23+,26?/m1/s1. The van der Waals surface area contributed by atoms with Gasteiger partial charge in [-0.3, -0.25) is 19.3 Å². The van der Waals surface area contributed by atoms with Crippen molar-refractivity contribution in [3.63, 3.8) is 0 Å². The van der Waals surface area contributed by atoms with E-state index in [9.17, 15) is 19.5 Å². The number of carboxylic acid groups (broad SMARTS) is 1. The predicted octanol–water partition coefficient (Wildman–Crippen LogP) is 1.94. The molecule has 2 amide bonds. The minimum atomic E-state index is -0.868. The fourth-order valence-corrected chi connectivity index (χ4v) is 5.59.